The highest BCUT2D eigenvalue weighted by Gasteiger charge is 2.35. The third-order valence-electron chi connectivity index (χ3n) is 2.64. The SMILES string of the molecule is C[Si]1(OCCCCCCl)CCC1. The summed E-state index contributed by atoms with van der Waals surface area (Å²) in [5, 5.41) is 0. The quantitative estimate of drug-likeness (QED) is 0.368. The second-order valence-electron chi connectivity index (χ2n) is 3.90. The van der Waals surface area contributed by atoms with Crippen LogP contribution in [-0.2, 0) is 4.43 Å². The highest BCUT2D eigenvalue weighted by Crippen LogP contribution is 2.32. The zero-order chi connectivity index (χ0) is 8.86. The van der Waals surface area contributed by atoms with E-state index >= 15 is 0 Å². The summed E-state index contributed by atoms with van der Waals surface area (Å²) in [5.41, 5.74) is 0. The summed E-state index contributed by atoms with van der Waals surface area (Å²) < 4.78 is 5.91. The third-order valence-corrected chi connectivity index (χ3v) is 6.63. The molecule has 3 heteroatoms. The molecular formula is C9H19ClOSi. The molecule has 1 heterocycles. The Morgan fingerprint density at radius 2 is 2.00 bits per heavy atom. The fourth-order valence-electron chi connectivity index (χ4n) is 1.51. The predicted octanol–water partition coefficient (Wildman–Crippen LogP) is 3.39. The molecule has 0 saturated carbocycles. The van der Waals surface area contributed by atoms with Crippen molar-refractivity contribution in [2.24, 2.45) is 0 Å². The highest BCUT2D eigenvalue weighted by molar-refractivity contribution is 6.75. The van der Waals surface area contributed by atoms with Gasteiger partial charge in [-0.1, -0.05) is 12.8 Å². The standard InChI is InChI=1S/C9H19ClOSi/c1-12(8-5-9-12)11-7-4-2-3-6-10/h2-9H2,1H3. The molecule has 72 valence electrons. The third kappa shape index (κ3) is 3.46. The van der Waals surface area contributed by atoms with Gasteiger partial charge in [0.1, 0.15) is 0 Å². The van der Waals surface area contributed by atoms with Gasteiger partial charge in [0.2, 0.25) is 0 Å². The zero-order valence-electron chi connectivity index (χ0n) is 7.94. The Balaban J connectivity index is 1.88. The van der Waals surface area contributed by atoms with Crippen molar-refractivity contribution in [3.63, 3.8) is 0 Å². The Bertz CT molecular complexity index is 126. The van der Waals surface area contributed by atoms with Crippen LogP contribution in [0.25, 0.3) is 0 Å². The van der Waals surface area contributed by atoms with Gasteiger partial charge in [0.25, 0.3) is 0 Å². The van der Waals surface area contributed by atoms with Crippen LogP contribution in [0.1, 0.15) is 25.7 Å². The second kappa shape index (κ2) is 5.25. The van der Waals surface area contributed by atoms with Crippen LogP contribution in [0.3, 0.4) is 0 Å². The van der Waals surface area contributed by atoms with E-state index < -0.39 is 8.32 Å². The fraction of sp³-hybridized carbons (Fsp3) is 1.00. The molecule has 1 fully saturated rings. The fourth-order valence-corrected chi connectivity index (χ4v) is 3.98. The summed E-state index contributed by atoms with van der Waals surface area (Å²) in [5.74, 6) is 0.800. The molecule has 1 saturated heterocycles. The van der Waals surface area contributed by atoms with E-state index in [9.17, 15) is 0 Å². The topological polar surface area (TPSA) is 9.23 Å². The van der Waals surface area contributed by atoms with Crippen molar-refractivity contribution in [3.8, 4) is 0 Å². The van der Waals surface area contributed by atoms with Gasteiger partial charge >= 0.3 is 0 Å². The summed E-state index contributed by atoms with van der Waals surface area (Å²) in [4.78, 5) is 0. The molecule has 1 aliphatic rings. The minimum Gasteiger partial charge on any atom is -0.417 e. The maximum absolute atomic E-state index is 5.91. The molecule has 0 amide bonds. The lowest BCUT2D eigenvalue weighted by atomic mass is 10.3. The van der Waals surface area contributed by atoms with Crippen LogP contribution in [0.15, 0.2) is 0 Å². The molecule has 0 atom stereocenters. The van der Waals surface area contributed by atoms with E-state index in [4.69, 9.17) is 16.0 Å². The van der Waals surface area contributed by atoms with Gasteiger partial charge in [0.15, 0.2) is 8.32 Å². The second-order valence-corrected chi connectivity index (χ2v) is 8.47. The number of halogens is 1. The van der Waals surface area contributed by atoms with Crippen LogP contribution < -0.4 is 0 Å². The van der Waals surface area contributed by atoms with Crippen molar-refractivity contribution < 1.29 is 4.43 Å². The Morgan fingerprint density at radius 1 is 1.25 bits per heavy atom. The summed E-state index contributed by atoms with van der Waals surface area (Å²) in [6.45, 7) is 3.34. The average molecular weight is 207 g/mol. The lowest BCUT2D eigenvalue weighted by Crippen LogP contribution is -2.41. The van der Waals surface area contributed by atoms with Crippen LogP contribution in [0.4, 0.5) is 0 Å². The number of hydrogen-bond donors (Lipinski definition) is 0. The van der Waals surface area contributed by atoms with Gasteiger partial charge in [-0.25, -0.2) is 0 Å². The minimum absolute atomic E-state index is 0.800. The summed E-state index contributed by atoms with van der Waals surface area (Å²) in [6.07, 6.45) is 4.98. The summed E-state index contributed by atoms with van der Waals surface area (Å²) in [7, 11) is -1.09. The van der Waals surface area contributed by atoms with Crippen LogP contribution >= 0.6 is 11.6 Å². The van der Waals surface area contributed by atoms with Crippen molar-refractivity contribution in [2.75, 3.05) is 12.5 Å². The lowest BCUT2D eigenvalue weighted by molar-refractivity contribution is 0.280. The molecule has 0 aliphatic carbocycles. The first-order valence-corrected chi connectivity index (χ1v) is 8.32. The van der Waals surface area contributed by atoms with E-state index in [-0.39, 0.29) is 0 Å². The van der Waals surface area contributed by atoms with Gasteiger partial charge < -0.3 is 4.43 Å². The normalized spacial score (nSPS) is 20.5. The van der Waals surface area contributed by atoms with Crippen LogP contribution in [-0.4, -0.2) is 20.8 Å². The minimum atomic E-state index is -1.09. The van der Waals surface area contributed by atoms with Crippen LogP contribution in [0.2, 0.25) is 18.6 Å². The summed E-state index contributed by atoms with van der Waals surface area (Å²) in [6, 6.07) is 2.78. The Hall–Kier alpha value is 0.467. The first kappa shape index (κ1) is 10.5. The van der Waals surface area contributed by atoms with Gasteiger partial charge in [-0.2, -0.15) is 0 Å². The highest BCUT2D eigenvalue weighted by atomic mass is 35.5. The van der Waals surface area contributed by atoms with Gasteiger partial charge in [-0.3, -0.25) is 0 Å². The first-order chi connectivity index (χ1) is 5.77. The van der Waals surface area contributed by atoms with Crippen molar-refractivity contribution in [1.29, 1.82) is 0 Å². The Kier molecular flexibility index (Phi) is 4.62. The molecule has 0 N–H and O–H groups in total. The Morgan fingerprint density at radius 3 is 2.50 bits per heavy atom. The maximum atomic E-state index is 5.91. The van der Waals surface area contributed by atoms with E-state index in [1.54, 1.807) is 0 Å². The average Bonchev–Trinajstić information content (AvgIpc) is 2.01. The van der Waals surface area contributed by atoms with E-state index in [1.807, 2.05) is 0 Å². The molecule has 0 aromatic rings. The smallest absolute Gasteiger partial charge is 0.189 e. The molecule has 0 unspecified atom stereocenters. The van der Waals surface area contributed by atoms with Crippen molar-refractivity contribution in [3.05, 3.63) is 0 Å². The molecule has 0 radical (unpaired) electrons. The van der Waals surface area contributed by atoms with E-state index in [0.717, 1.165) is 18.9 Å². The van der Waals surface area contributed by atoms with E-state index in [1.165, 1.54) is 31.4 Å². The lowest BCUT2D eigenvalue weighted by Gasteiger charge is -2.35. The van der Waals surface area contributed by atoms with Crippen LogP contribution in [0, 0.1) is 0 Å². The van der Waals surface area contributed by atoms with Crippen molar-refractivity contribution in [1.82, 2.24) is 0 Å². The molecule has 0 bridgehead atoms. The van der Waals surface area contributed by atoms with Gasteiger partial charge in [0.05, 0.1) is 0 Å². The van der Waals surface area contributed by atoms with E-state index in [2.05, 4.69) is 6.55 Å². The predicted molar refractivity (Wildman–Crippen MR) is 56.4 cm³/mol. The first-order valence-electron chi connectivity index (χ1n) is 4.97. The van der Waals surface area contributed by atoms with Crippen LogP contribution in [0.5, 0.6) is 0 Å². The molecule has 0 aromatic heterocycles. The van der Waals surface area contributed by atoms with Crippen molar-refractivity contribution >= 4 is 19.9 Å². The molecular weight excluding hydrogens is 188 g/mol. The monoisotopic (exact) mass is 206 g/mol. The molecule has 1 aliphatic heterocycles. The van der Waals surface area contributed by atoms with Gasteiger partial charge in [-0.05, 0) is 31.5 Å². The number of rotatable bonds is 6. The zero-order valence-corrected chi connectivity index (χ0v) is 9.70. The van der Waals surface area contributed by atoms with Gasteiger partial charge in [-0.15, -0.1) is 11.6 Å². The summed E-state index contributed by atoms with van der Waals surface area (Å²) >= 11 is 5.58. The molecule has 1 rings (SSSR count). The largest absolute Gasteiger partial charge is 0.417 e. The molecule has 0 spiro atoms. The van der Waals surface area contributed by atoms with Gasteiger partial charge in [0, 0.05) is 12.5 Å². The molecule has 1 nitrogen and oxygen atoms in total. The number of alkyl halides is 1. The number of hydrogen-bond acceptors (Lipinski definition) is 1. The number of unbranched alkanes of at least 4 members (excludes halogenated alkanes) is 2. The Labute approximate surface area is 81.6 Å². The maximum Gasteiger partial charge on any atom is 0.189 e. The molecule has 0 aromatic carbocycles. The van der Waals surface area contributed by atoms with Crippen molar-refractivity contribution in [2.45, 2.75) is 44.3 Å². The molecule has 12 heavy (non-hydrogen) atoms. The van der Waals surface area contributed by atoms with E-state index in [0.29, 0.717) is 0 Å².